The molecule has 0 bridgehead atoms. The van der Waals surface area contributed by atoms with Gasteiger partial charge in [0.05, 0.1) is 0 Å². The Hall–Kier alpha value is -3.10. The summed E-state index contributed by atoms with van der Waals surface area (Å²) in [5.41, 5.74) is 2.38. The van der Waals surface area contributed by atoms with Gasteiger partial charge < -0.3 is 19.7 Å². The topological polar surface area (TPSA) is 131 Å². The van der Waals surface area contributed by atoms with E-state index in [-0.39, 0.29) is 24.5 Å². The number of carbonyl (C=O) groups is 2. The third-order valence-electron chi connectivity index (χ3n) is 3.93. The summed E-state index contributed by atoms with van der Waals surface area (Å²) < 4.78 is 10.0. The van der Waals surface area contributed by atoms with E-state index in [2.05, 4.69) is 5.43 Å². The fraction of sp³-hybridized carbons (Fsp3) is 0.263. The fourth-order valence-corrected chi connectivity index (χ4v) is 2.33. The normalized spacial score (nSPS) is 12.8. The zero-order valence-electron chi connectivity index (χ0n) is 14.8. The Morgan fingerprint density at radius 1 is 1.04 bits per heavy atom. The molecule has 8 nitrogen and oxygen atoms in total. The summed E-state index contributed by atoms with van der Waals surface area (Å²) >= 11 is 0. The molecule has 1 atom stereocenters. The molecule has 0 radical (unpaired) electrons. The van der Waals surface area contributed by atoms with Crippen LogP contribution in [0.3, 0.4) is 0 Å². The van der Waals surface area contributed by atoms with Crippen molar-refractivity contribution in [2.75, 3.05) is 6.61 Å². The van der Waals surface area contributed by atoms with Crippen LogP contribution in [0.4, 0.5) is 0 Å². The lowest BCUT2D eigenvalue weighted by Gasteiger charge is -2.26. The van der Waals surface area contributed by atoms with Gasteiger partial charge >= 0.3 is 11.9 Å². The number of ether oxygens (including phenoxy) is 2. The van der Waals surface area contributed by atoms with Gasteiger partial charge in [-0.3, -0.25) is 5.84 Å². The second-order valence-corrected chi connectivity index (χ2v) is 6.20. The molecule has 0 saturated carbocycles. The number of nitrogens with two attached hydrogens (primary N) is 1. The largest absolute Gasteiger partial charge is 0.504 e. The highest BCUT2D eigenvalue weighted by atomic mass is 16.6. The van der Waals surface area contributed by atoms with E-state index < -0.39 is 24.1 Å². The first-order valence-corrected chi connectivity index (χ1v) is 8.19. The molecule has 0 amide bonds. The Balaban J connectivity index is 1.89. The molecule has 0 fully saturated rings. The lowest BCUT2D eigenvalue weighted by atomic mass is 9.93. The van der Waals surface area contributed by atoms with Gasteiger partial charge in [-0.05, 0) is 30.2 Å². The van der Waals surface area contributed by atoms with Crippen LogP contribution in [0.25, 0.3) is 0 Å². The summed E-state index contributed by atoms with van der Waals surface area (Å²) in [6, 6.07) is 13.3. The Kier molecular flexibility index (Phi) is 6.75. The number of aromatic hydroxyl groups is 2. The van der Waals surface area contributed by atoms with Gasteiger partial charge in [0, 0.05) is 6.42 Å². The smallest absolute Gasteiger partial charge is 0.344 e. The van der Waals surface area contributed by atoms with E-state index in [0.717, 1.165) is 5.56 Å². The minimum Gasteiger partial charge on any atom is -0.504 e. The first kappa shape index (κ1) is 20.2. The van der Waals surface area contributed by atoms with E-state index in [1.165, 1.54) is 25.1 Å². The second kappa shape index (κ2) is 9.02. The molecule has 0 saturated heterocycles. The van der Waals surface area contributed by atoms with Gasteiger partial charge in [0.2, 0.25) is 0 Å². The van der Waals surface area contributed by atoms with Gasteiger partial charge in [-0.1, -0.05) is 36.4 Å². The van der Waals surface area contributed by atoms with Crippen LogP contribution in [0.1, 0.15) is 18.1 Å². The molecule has 27 heavy (non-hydrogen) atoms. The van der Waals surface area contributed by atoms with Crippen LogP contribution in [0.15, 0.2) is 48.5 Å². The number of rotatable bonds is 8. The van der Waals surface area contributed by atoms with Crippen LogP contribution in [-0.2, 0) is 32.1 Å². The molecule has 144 valence electrons. The summed E-state index contributed by atoms with van der Waals surface area (Å²) in [5, 5.41) is 18.9. The fourth-order valence-electron chi connectivity index (χ4n) is 2.33. The Labute approximate surface area is 156 Å². The first-order valence-electron chi connectivity index (χ1n) is 8.19. The number of nitrogens with one attached hydrogen (secondary N) is 1. The van der Waals surface area contributed by atoms with Crippen LogP contribution in [-0.4, -0.2) is 34.3 Å². The highest BCUT2D eigenvalue weighted by Crippen LogP contribution is 2.27. The van der Waals surface area contributed by atoms with E-state index in [0.29, 0.717) is 5.56 Å². The van der Waals surface area contributed by atoms with Crippen molar-refractivity contribution < 1.29 is 29.3 Å². The molecule has 8 heteroatoms. The van der Waals surface area contributed by atoms with Crippen molar-refractivity contribution in [2.24, 2.45) is 5.84 Å². The molecular formula is C19H22N2O6. The van der Waals surface area contributed by atoms with Gasteiger partial charge in [0.25, 0.3) is 0 Å². The van der Waals surface area contributed by atoms with Crippen LogP contribution < -0.4 is 11.3 Å². The molecule has 0 aliphatic heterocycles. The van der Waals surface area contributed by atoms with Crippen molar-refractivity contribution in [3.05, 3.63) is 59.7 Å². The summed E-state index contributed by atoms with van der Waals surface area (Å²) in [5.74, 6) is 3.46. The van der Waals surface area contributed by atoms with Gasteiger partial charge in [-0.15, -0.1) is 0 Å². The van der Waals surface area contributed by atoms with E-state index in [1.54, 1.807) is 0 Å². The molecule has 0 aliphatic carbocycles. The molecule has 2 aromatic carbocycles. The maximum atomic E-state index is 12.3. The molecule has 1 unspecified atom stereocenters. The number of hydrogen-bond acceptors (Lipinski definition) is 8. The van der Waals surface area contributed by atoms with E-state index >= 15 is 0 Å². The van der Waals surface area contributed by atoms with Crippen LogP contribution >= 0.6 is 0 Å². The van der Waals surface area contributed by atoms with Gasteiger partial charge in [-0.25, -0.2) is 15.0 Å². The Morgan fingerprint density at radius 2 is 1.74 bits per heavy atom. The van der Waals surface area contributed by atoms with Crippen molar-refractivity contribution in [2.45, 2.75) is 25.5 Å². The molecule has 2 rings (SSSR count). The third-order valence-corrected chi connectivity index (χ3v) is 3.93. The molecule has 5 N–H and O–H groups in total. The average molecular weight is 374 g/mol. The summed E-state index contributed by atoms with van der Waals surface area (Å²) in [7, 11) is 0. The minimum atomic E-state index is -1.34. The van der Waals surface area contributed by atoms with Crippen molar-refractivity contribution in [1.82, 2.24) is 5.43 Å². The monoisotopic (exact) mass is 374 g/mol. The zero-order chi connectivity index (χ0) is 19.9. The molecule has 0 aliphatic rings. The SMILES string of the molecule is CC(Cc1ccc(O)c(O)c1)(NN)C(=O)OCC(=O)OCc1ccccc1. The molecular weight excluding hydrogens is 352 g/mol. The van der Waals surface area contributed by atoms with Crippen LogP contribution in [0.2, 0.25) is 0 Å². The van der Waals surface area contributed by atoms with Crippen LogP contribution in [0, 0.1) is 0 Å². The highest BCUT2D eigenvalue weighted by molar-refractivity contribution is 5.83. The number of phenolic OH excluding ortho intramolecular Hbond substituents is 2. The standard InChI is InChI=1S/C19H22N2O6/c1-19(21-20,10-14-7-8-15(22)16(23)9-14)18(25)27-12-17(24)26-11-13-5-3-2-4-6-13/h2-9,21-23H,10-12,20H2,1H3. The average Bonchev–Trinajstić information content (AvgIpc) is 2.68. The molecule has 0 aromatic heterocycles. The Morgan fingerprint density at radius 3 is 2.37 bits per heavy atom. The third kappa shape index (κ3) is 5.70. The first-order chi connectivity index (χ1) is 12.8. The maximum Gasteiger partial charge on any atom is 0.344 e. The van der Waals surface area contributed by atoms with Gasteiger partial charge in [0.1, 0.15) is 12.1 Å². The van der Waals surface area contributed by atoms with Crippen molar-refractivity contribution >= 4 is 11.9 Å². The number of benzene rings is 2. The minimum absolute atomic E-state index is 0.0647. The molecule has 0 spiro atoms. The molecule has 0 heterocycles. The van der Waals surface area contributed by atoms with Crippen molar-refractivity contribution in [1.29, 1.82) is 0 Å². The number of carbonyl (C=O) groups excluding carboxylic acids is 2. The second-order valence-electron chi connectivity index (χ2n) is 6.20. The highest BCUT2D eigenvalue weighted by Gasteiger charge is 2.34. The lowest BCUT2D eigenvalue weighted by molar-refractivity contribution is -0.163. The van der Waals surface area contributed by atoms with E-state index in [9.17, 15) is 19.8 Å². The van der Waals surface area contributed by atoms with Gasteiger partial charge in [0.15, 0.2) is 18.1 Å². The van der Waals surface area contributed by atoms with Crippen LogP contribution in [0.5, 0.6) is 11.5 Å². The predicted molar refractivity (Wildman–Crippen MR) is 96.4 cm³/mol. The summed E-state index contributed by atoms with van der Waals surface area (Å²) in [4.78, 5) is 24.1. The van der Waals surface area contributed by atoms with E-state index in [4.69, 9.17) is 15.3 Å². The maximum absolute atomic E-state index is 12.3. The summed E-state index contributed by atoms with van der Waals surface area (Å²) in [6.07, 6.45) is 0.0647. The quantitative estimate of drug-likeness (QED) is 0.234. The number of hydrazine groups is 1. The predicted octanol–water partition coefficient (Wildman–Crippen LogP) is 1.15. The van der Waals surface area contributed by atoms with Crippen molar-refractivity contribution in [3.8, 4) is 11.5 Å². The number of esters is 2. The lowest BCUT2D eigenvalue weighted by Crippen LogP contribution is -2.55. The zero-order valence-corrected chi connectivity index (χ0v) is 14.8. The Bertz CT molecular complexity index is 796. The molecule has 2 aromatic rings. The van der Waals surface area contributed by atoms with Crippen molar-refractivity contribution in [3.63, 3.8) is 0 Å². The number of hydrogen-bond donors (Lipinski definition) is 4. The number of phenols is 2. The summed E-state index contributed by atoms with van der Waals surface area (Å²) in [6.45, 7) is 1.02. The van der Waals surface area contributed by atoms with E-state index in [1.807, 2.05) is 30.3 Å². The van der Waals surface area contributed by atoms with Gasteiger partial charge in [-0.2, -0.15) is 0 Å².